The van der Waals surface area contributed by atoms with Gasteiger partial charge in [-0.05, 0) is 13.3 Å². The van der Waals surface area contributed by atoms with Gasteiger partial charge in [-0.25, -0.2) is 0 Å². The van der Waals surface area contributed by atoms with Crippen LogP contribution in [-0.4, -0.2) is 46.8 Å². The van der Waals surface area contributed by atoms with Gasteiger partial charge in [-0.15, -0.1) is 11.8 Å². The zero-order valence-electron chi connectivity index (χ0n) is 11.8. The van der Waals surface area contributed by atoms with E-state index in [4.69, 9.17) is 0 Å². The smallest absolute Gasteiger partial charge is 0.309 e. The first-order valence-corrected chi connectivity index (χ1v) is 7.52. The van der Waals surface area contributed by atoms with Crippen molar-refractivity contribution in [2.24, 2.45) is 5.92 Å². The number of rotatable bonds is 6. The fourth-order valence-corrected chi connectivity index (χ4v) is 3.10. The summed E-state index contributed by atoms with van der Waals surface area (Å²) in [6.45, 7) is 5.58. The van der Waals surface area contributed by atoms with Crippen LogP contribution in [0.5, 0.6) is 0 Å². The highest BCUT2D eigenvalue weighted by Crippen LogP contribution is 2.28. The number of imide groups is 1. The van der Waals surface area contributed by atoms with Crippen LogP contribution in [0.4, 0.5) is 0 Å². The van der Waals surface area contributed by atoms with Crippen molar-refractivity contribution in [3.63, 3.8) is 0 Å². The first-order valence-electron chi connectivity index (χ1n) is 6.47. The topological polar surface area (TPSA) is 63.7 Å². The summed E-state index contributed by atoms with van der Waals surface area (Å²) in [6.07, 6.45) is 0.995. The Morgan fingerprint density at radius 3 is 2.63 bits per heavy atom. The molecule has 1 fully saturated rings. The van der Waals surface area contributed by atoms with Gasteiger partial charge in [0.2, 0.25) is 11.8 Å². The summed E-state index contributed by atoms with van der Waals surface area (Å²) in [6, 6.07) is -0.0522. The van der Waals surface area contributed by atoms with Gasteiger partial charge in [-0.2, -0.15) is 0 Å². The zero-order chi connectivity index (χ0) is 14.6. The molecule has 1 saturated heterocycles. The standard InChI is InChI=1S/C13H21NO4S/c1-5-9(3)14-11(15)6-10(12(14)16)19-7-8(2)13(17)18-4/h8-10H,5-7H2,1-4H3. The average Bonchev–Trinajstić information content (AvgIpc) is 2.69. The molecular formula is C13H21NO4S. The number of nitrogens with zero attached hydrogens (tertiary/aromatic N) is 1. The summed E-state index contributed by atoms with van der Waals surface area (Å²) in [5.41, 5.74) is 0. The van der Waals surface area contributed by atoms with Crippen LogP contribution in [0.3, 0.4) is 0 Å². The SMILES string of the molecule is CCC(C)N1C(=O)CC(SCC(C)C(=O)OC)C1=O. The molecule has 108 valence electrons. The van der Waals surface area contributed by atoms with Gasteiger partial charge in [0.25, 0.3) is 0 Å². The van der Waals surface area contributed by atoms with Crippen molar-refractivity contribution in [3.05, 3.63) is 0 Å². The Kier molecular flexibility index (Phi) is 5.85. The lowest BCUT2D eigenvalue weighted by Crippen LogP contribution is -2.38. The fourth-order valence-electron chi connectivity index (χ4n) is 1.93. The molecule has 5 nitrogen and oxygen atoms in total. The molecule has 0 radical (unpaired) electrons. The Morgan fingerprint density at radius 2 is 2.11 bits per heavy atom. The first kappa shape index (κ1) is 16.0. The second-order valence-corrected chi connectivity index (χ2v) is 6.05. The Bertz CT molecular complexity index is 372. The molecule has 1 rings (SSSR count). The number of hydrogen-bond donors (Lipinski definition) is 0. The molecule has 0 spiro atoms. The van der Waals surface area contributed by atoms with Gasteiger partial charge in [0.15, 0.2) is 0 Å². The lowest BCUT2D eigenvalue weighted by atomic mass is 10.2. The van der Waals surface area contributed by atoms with Gasteiger partial charge in [-0.1, -0.05) is 13.8 Å². The number of ether oxygens (including phenoxy) is 1. The van der Waals surface area contributed by atoms with E-state index in [1.165, 1.54) is 23.8 Å². The molecule has 1 aliphatic heterocycles. The van der Waals surface area contributed by atoms with Crippen molar-refractivity contribution in [1.82, 2.24) is 4.90 Å². The third kappa shape index (κ3) is 3.72. The number of thioether (sulfide) groups is 1. The number of amides is 2. The lowest BCUT2D eigenvalue weighted by Gasteiger charge is -2.21. The van der Waals surface area contributed by atoms with Crippen molar-refractivity contribution in [2.45, 2.75) is 44.9 Å². The minimum atomic E-state index is -0.353. The van der Waals surface area contributed by atoms with Crippen LogP contribution in [-0.2, 0) is 19.1 Å². The maximum absolute atomic E-state index is 12.1. The molecule has 0 aromatic heterocycles. The predicted octanol–water partition coefficient (Wildman–Crippen LogP) is 1.45. The molecule has 6 heteroatoms. The number of likely N-dealkylation sites (tertiary alicyclic amines) is 1. The Labute approximate surface area is 118 Å². The third-order valence-electron chi connectivity index (χ3n) is 3.32. The van der Waals surface area contributed by atoms with E-state index in [1.54, 1.807) is 6.92 Å². The van der Waals surface area contributed by atoms with Crippen LogP contribution in [0.1, 0.15) is 33.6 Å². The van der Waals surface area contributed by atoms with E-state index >= 15 is 0 Å². The van der Waals surface area contributed by atoms with E-state index in [1.807, 2.05) is 13.8 Å². The van der Waals surface area contributed by atoms with Crippen LogP contribution in [0.25, 0.3) is 0 Å². The molecule has 1 aliphatic rings. The molecule has 3 unspecified atom stereocenters. The maximum atomic E-state index is 12.1. The van der Waals surface area contributed by atoms with E-state index < -0.39 is 0 Å². The quantitative estimate of drug-likeness (QED) is 0.546. The van der Waals surface area contributed by atoms with Gasteiger partial charge >= 0.3 is 5.97 Å². The second-order valence-electron chi connectivity index (χ2n) is 4.81. The van der Waals surface area contributed by atoms with Gasteiger partial charge in [0.1, 0.15) is 0 Å². The Balaban J connectivity index is 2.56. The summed E-state index contributed by atoms with van der Waals surface area (Å²) in [5, 5.41) is -0.353. The molecule has 3 atom stereocenters. The fraction of sp³-hybridized carbons (Fsp3) is 0.769. The highest BCUT2D eigenvalue weighted by Gasteiger charge is 2.41. The molecule has 0 aliphatic carbocycles. The van der Waals surface area contributed by atoms with Crippen LogP contribution in [0, 0.1) is 5.92 Å². The van der Waals surface area contributed by atoms with Crippen LogP contribution in [0.2, 0.25) is 0 Å². The monoisotopic (exact) mass is 287 g/mol. The Morgan fingerprint density at radius 1 is 1.47 bits per heavy atom. The van der Waals surface area contributed by atoms with Gasteiger partial charge in [-0.3, -0.25) is 19.3 Å². The highest BCUT2D eigenvalue weighted by atomic mass is 32.2. The van der Waals surface area contributed by atoms with E-state index in [0.29, 0.717) is 5.75 Å². The number of carbonyl (C=O) groups excluding carboxylic acids is 3. The summed E-state index contributed by atoms with van der Waals surface area (Å²) in [5.74, 6) is -0.298. The first-order chi connectivity index (χ1) is 8.92. The zero-order valence-corrected chi connectivity index (χ0v) is 12.7. The summed E-state index contributed by atoms with van der Waals surface area (Å²) >= 11 is 1.37. The summed E-state index contributed by atoms with van der Waals surface area (Å²) in [7, 11) is 1.35. The third-order valence-corrected chi connectivity index (χ3v) is 4.79. The predicted molar refractivity (Wildman–Crippen MR) is 73.6 cm³/mol. The van der Waals surface area contributed by atoms with Gasteiger partial charge in [0.05, 0.1) is 18.3 Å². The lowest BCUT2D eigenvalue weighted by molar-refractivity contribution is -0.144. The number of carbonyl (C=O) groups is 3. The van der Waals surface area contributed by atoms with Crippen LogP contribution in [0.15, 0.2) is 0 Å². The van der Waals surface area contributed by atoms with Crippen molar-refractivity contribution >= 4 is 29.5 Å². The van der Waals surface area contributed by atoms with Crippen LogP contribution < -0.4 is 0 Å². The van der Waals surface area contributed by atoms with E-state index in [-0.39, 0.29) is 41.4 Å². The minimum absolute atomic E-state index is 0.0522. The van der Waals surface area contributed by atoms with Crippen molar-refractivity contribution in [3.8, 4) is 0 Å². The molecule has 2 amide bonds. The highest BCUT2D eigenvalue weighted by molar-refractivity contribution is 8.00. The van der Waals surface area contributed by atoms with Crippen molar-refractivity contribution in [1.29, 1.82) is 0 Å². The summed E-state index contributed by atoms with van der Waals surface area (Å²) in [4.78, 5) is 36.6. The van der Waals surface area contributed by atoms with Crippen molar-refractivity contribution in [2.75, 3.05) is 12.9 Å². The number of methoxy groups -OCH3 is 1. The molecule has 19 heavy (non-hydrogen) atoms. The summed E-state index contributed by atoms with van der Waals surface area (Å²) < 4.78 is 4.64. The normalized spacial score (nSPS) is 22.5. The molecule has 1 heterocycles. The molecular weight excluding hydrogens is 266 g/mol. The number of esters is 1. The minimum Gasteiger partial charge on any atom is -0.469 e. The largest absolute Gasteiger partial charge is 0.469 e. The van der Waals surface area contributed by atoms with E-state index in [9.17, 15) is 14.4 Å². The van der Waals surface area contributed by atoms with E-state index in [0.717, 1.165) is 6.42 Å². The average molecular weight is 287 g/mol. The van der Waals surface area contributed by atoms with Gasteiger partial charge in [0, 0.05) is 18.2 Å². The molecule has 0 aromatic rings. The maximum Gasteiger partial charge on any atom is 0.309 e. The Hall–Kier alpha value is -1.04. The molecule has 0 saturated carbocycles. The van der Waals surface area contributed by atoms with Crippen LogP contribution >= 0.6 is 11.8 Å². The van der Waals surface area contributed by atoms with E-state index in [2.05, 4.69) is 4.74 Å². The molecule has 0 bridgehead atoms. The van der Waals surface area contributed by atoms with Crippen molar-refractivity contribution < 1.29 is 19.1 Å². The van der Waals surface area contributed by atoms with Gasteiger partial charge < -0.3 is 4.74 Å². The molecule has 0 N–H and O–H groups in total. The second kappa shape index (κ2) is 6.93. The number of hydrogen-bond acceptors (Lipinski definition) is 5. The molecule has 0 aromatic carbocycles.